The van der Waals surface area contributed by atoms with Crippen LogP contribution in [-0.4, -0.2) is 59.9 Å². The van der Waals surface area contributed by atoms with Crippen LogP contribution in [0.3, 0.4) is 0 Å². The lowest BCUT2D eigenvalue weighted by Gasteiger charge is -2.45. The van der Waals surface area contributed by atoms with E-state index in [0.29, 0.717) is 26.3 Å². The van der Waals surface area contributed by atoms with Gasteiger partial charge in [0.05, 0.1) is 13.2 Å². The van der Waals surface area contributed by atoms with E-state index < -0.39 is 11.5 Å². The van der Waals surface area contributed by atoms with Crippen molar-refractivity contribution in [1.82, 2.24) is 10.2 Å². The normalized spacial score (nSPS) is 23.6. The van der Waals surface area contributed by atoms with Crippen LogP contribution in [0.5, 0.6) is 0 Å². The van der Waals surface area contributed by atoms with E-state index in [9.17, 15) is 9.90 Å². The lowest BCUT2D eigenvalue weighted by molar-refractivity contribution is -0.147. The zero-order chi connectivity index (χ0) is 13.8. The zero-order valence-electron chi connectivity index (χ0n) is 12.0. The number of carboxylic acid groups (broad SMARTS) is 1. The standard InChI is InChI=1S/C13H26N2O3/c1-5-6-14-13(4,11(16)17)9-15-7-8-18-10-12(15,2)3/h14H,5-10H2,1-4H3,(H,16,17). The molecule has 1 fully saturated rings. The second-order valence-electron chi connectivity index (χ2n) is 5.85. The molecule has 5 heteroatoms. The fourth-order valence-electron chi connectivity index (χ4n) is 2.17. The maximum Gasteiger partial charge on any atom is 0.324 e. The summed E-state index contributed by atoms with van der Waals surface area (Å²) in [6.07, 6.45) is 0.926. The second-order valence-corrected chi connectivity index (χ2v) is 5.85. The van der Waals surface area contributed by atoms with Gasteiger partial charge in [-0.1, -0.05) is 6.92 Å². The molecule has 0 saturated carbocycles. The third-order valence-electron chi connectivity index (χ3n) is 3.56. The van der Waals surface area contributed by atoms with Crippen LogP contribution >= 0.6 is 0 Å². The van der Waals surface area contributed by atoms with E-state index in [-0.39, 0.29) is 5.54 Å². The van der Waals surface area contributed by atoms with Gasteiger partial charge in [-0.25, -0.2) is 0 Å². The smallest absolute Gasteiger partial charge is 0.324 e. The molecule has 0 amide bonds. The van der Waals surface area contributed by atoms with Crippen LogP contribution in [0.15, 0.2) is 0 Å². The van der Waals surface area contributed by atoms with Gasteiger partial charge in [-0.05, 0) is 33.7 Å². The third-order valence-corrected chi connectivity index (χ3v) is 3.56. The molecule has 0 aromatic heterocycles. The number of hydrogen-bond acceptors (Lipinski definition) is 4. The van der Waals surface area contributed by atoms with Gasteiger partial charge in [-0.3, -0.25) is 9.69 Å². The molecule has 1 aliphatic rings. The number of aliphatic carboxylic acids is 1. The van der Waals surface area contributed by atoms with Gasteiger partial charge in [0.1, 0.15) is 5.54 Å². The van der Waals surface area contributed by atoms with Crippen molar-refractivity contribution in [3.8, 4) is 0 Å². The molecule has 2 N–H and O–H groups in total. The molecule has 106 valence electrons. The Bertz CT molecular complexity index is 294. The number of nitrogens with one attached hydrogen (secondary N) is 1. The van der Waals surface area contributed by atoms with Crippen LogP contribution in [0.25, 0.3) is 0 Å². The summed E-state index contributed by atoms with van der Waals surface area (Å²) in [4.78, 5) is 13.7. The minimum Gasteiger partial charge on any atom is -0.480 e. The highest BCUT2D eigenvalue weighted by Crippen LogP contribution is 2.21. The molecule has 0 spiro atoms. The van der Waals surface area contributed by atoms with Crippen LogP contribution in [0.1, 0.15) is 34.1 Å². The molecule has 0 aromatic carbocycles. The summed E-state index contributed by atoms with van der Waals surface area (Å²) in [5.74, 6) is -0.793. The van der Waals surface area contributed by atoms with E-state index in [1.807, 2.05) is 6.92 Å². The van der Waals surface area contributed by atoms with E-state index in [4.69, 9.17) is 4.74 Å². The second kappa shape index (κ2) is 5.99. The van der Waals surface area contributed by atoms with E-state index in [2.05, 4.69) is 24.1 Å². The summed E-state index contributed by atoms with van der Waals surface area (Å²) in [5, 5.41) is 12.6. The summed E-state index contributed by atoms with van der Waals surface area (Å²) >= 11 is 0. The number of carbonyl (C=O) groups is 1. The molecule has 0 aliphatic carbocycles. The number of morpholine rings is 1. The lowest BCUT2D eigenvalue weighted by Crippen LogP contribution is -2.63. The first-order valence-corrected chi connectivity index (χ1v) is 6.63. The molecular formula is C13H26N2O3. The minimum atomic E-state index is -0.898. The molecule has 1 aliphatic heterocycles. The Hall–Kier alpha value is -0.650. The minimum absolute atomic E-state index is 0.108. The van der Waals surface area contributed by atoms with Gasteiger partial charge in [-0.2, -0.15) is 0 Å². The highest BCUT2D eigenvalue weighted by atomic mass is 16.5. The Balaban J connectivity index is 2.73. The fourth-order valence-corrected chi connectivity index (χ4v) is 2.17. The number of hydrogen-bond donors (Lipinski definition) is 2. The molecule has 0 aromatic rings. The molecule has 1 heterocycles. The van der Waals surface area contributed by atoms with Crippen molar-refractivity contribution in [3.05, 3.63) is 0 Å². The van der Waals surface area contributed by atoms with Crippen LogP contribution in [0, 0.1) is 0 Å². The Labute approximate surface area is 109 Å². The average Bonchev–Trinajstić information content (AvgIpc) is 2.29. The van der Waals surface area contributed by atoms with Gasteiger partial charge in [0, 0.05) is 18.6 Å². The number of rotatable bonds is 6. The van der Waals surface area contributed by atoms with E-state index in [1.165, 1.54) is 0 Å². The molecule has 1 saturated heterocycles. The highest BCUT2D eigenvalue weighted by Gasteiger charge is 2.40. The Morgan fingerprint density at radius 3 is 2.72 bits per heavy atom. The van der Waals surface area contributed by atoms with Crippen LogP contribution < -0.4 is 5.32 Å². The van der Waals surface area contributed by atoms with Gasteiger partial charge in [-0.15, -0.1) is 0 Å². The van der Waals surface area contributed by atoms with Gasteiger partial charge in [0.25, 0.3) is 0 Å². The van der Waals surface area contributed by atoms with Gasteiger partial charge >= 0.3 is 5.97 Å². The zero-order valence-corrected chi connectivity index (χ0v) is 12.0. The molecule has 18 heavy (non-hydrogen) atoms. The first kappa shape index (κ1) is 15.4. The van der Waals surface area contributed by atoms with Crippen LogP contribution in [0.2, 0.25) is 0 Å². The number of carboxylic acids is 1. The summed E-state index contributed by atoms with van der Waals surface area (Å²) in [6, 6.07) is 0. The maximum absolute atomic E-state index is 11.5. The first-order valence-electron chi connectivity index (χ1n) is 6.63. The van der Waals surface area contributed by atoms with Crippen molar-refractivity contribution < 1.29 is 14.6 Å². The molecule has 1 rings (SSSR count). The largest absolute Gasteiger partial charge is 0.480 e. The van der Waals surface area contributed by atoms with Crippen molar-refractivity contribution >= 4 is 5.97 Å². The predicted molar refractivity (Wildman–Crippen MR) is 70.8 cm³/mol. The molecule has 1 atom stereocenters. The summed E-state index contributed by atoms with van der Waals surface area (Å²) in [7, 11) is 0. The average molecular weight is 258 g/mol. The molecular weight excluding hydrogens is 232 g/mol. The van der Waals surface area contributed by atoms with Crippen molar-refractivity contribution in [2.24, 2.45) is 0 Å². The Morgan fingerprint density at radius 1 is 1.56 bits per heavy atom. The van der Waals surface area contributed by atoms with Crippen molar-refractivity contribution in [2.45, 2.75) is 45.2 Å². The Kier molecular flexibility index (Phi) is 5.13. The highest BCUT2D eigenvalue weighted by molar-refractivity contribution is 5.78. The molecule has 0 radical (unpaired) electrons. The van der Waals surface area contributed by atoms with Crippen molar-refractivity contribution in [3.63, 3.8) is 0 Å². The fraction of sp³-hybridized carbons (Fsp3) is 0.923. The van der Waals surface area contributed by atoms with E-state index in [0.717, 1.165) is 13.0 Å². The SMILES string of the molecule is CCCNC(C)(CN1CCOCC1(C)C)C(=O)O. The van der Waals surface area contributed by atoms with Gasteiger partial charge < -0.3 is 15.2 Å². The summed E-state index contributed by atoms with van der Waals surface area (Å²) in [6.45, 7) is 11.3. The topological polar surface area (TPSA) is 61.8 Å². The maximum atomic E-state index is 11.5. The summed E-state index contributed by atoms with van der Waals surface area (Å²) in [5.41, 5.74) is -1.01. The number of nitrogens with zero attached hydrogens (tertiary/aromatic N) is 1. The summed E-state index contributed by atoms with van der Waals surface area (Å²) < 4.78 is 5.46. The first-order chi connectivity index (χ1) is 8.32. The predicted octanol–water partition coefficient (Wildman–Crippen LogP) is 0.940. The molecule has 1 unspecified atom stereocenters. The van der Waals surface area contributed by atoms with Gasteiger partial charge in [0.2, 0.25) is 0 Å². The van der Waals surface area contributed by atoms with E-state index in [1.54, 1.807) is 6.92 Å². The van der Waals surface area contributed by atoms with E-state index >= 15 is 0 Å². The molecule has 0 bridgehead atoms. The molecule has 5 nitrogen and oxygen atoms in total. The number of ether oxygens (including phenoxy) is 1. The monoisotopic (exact) mass is 258 g/mol. The van der Waals surface area contributed by atoms with Crippen molar-refractivity contribution in [1.29, 1.82) is 0 Å². The van der Waals surface area contributed by atoms with Crippen LogP contribution in [0.4, 0.5) is 0 Å². The van der Waals surface area contributed by atoms with Gasteiger partial charge in [0.15, 0.2) is 0 Å². The van der Waals surface area contributed by atoms with Crippen LogP contribution in [-0.2, 0) is 9.53 Å². The quantitative estimate of drug-likeness (QED) is 0.742. The Morgan fingerprint density at radius 2 is 2.22 bits per heavy atom. The van der Waals surface area contributed by atoms with Crippen molar-refractivity contribution in [2.75, 3.05) is 32.8 Å². The third kappa shape index (κ3) is 3.67. The lowest BCUT2D eigenvalue weighted by atomic mass is 9.95.